The summed E-state index contributed by atoms with van der Waals surface area (Å²) in [6.45, 7) is 0. The molecule has 1 amide bonds. The molecule has 0 unspecified atom stereocenters. The van der Waals surface area contributed by atoms with Gasteiger partial charge in [0.05, 0.1) is 11.2 Å². The second-order valence-electron chi connectivity index (χ2n) is 6.79. The lowest BCUT2D eigenvalue weighted by atomic mass is 10.2. The number of hydrazone groups is 1. The van der Waals surface area contributed by atoms with Crippen molar-refractivity contribution in [2.24, 2.45) is 5.10 Å². The molecule has 0 radical (unpaired) electrons. The van der Waals surface area contributed by atoms with Gasteiger partial charge in [0.25, 0.3) is 5.91 Å². The van der Waals surface area contributed by atoms with Gasteiger partial charge in [-0.2, -0.15) is 5.10 Å². The third-order valence-electron chi connectivity index (χ3n) is 4.50. The summed E-state index contributed by atoms with van der Waals surface area (Å²) < 4.78 is 7.14. The number of benzene rings is 3. The summed E-state index contributed by atoms with van der Waals surface area (Å²) >= 11 is 11.0. The number of esters is 1. The Balaban J connectivity index is 1.46. The summed E-state index contributed by atoms with van der Waals surface area (Å²) in [7, 11) is 0. The molecule has 0 saturated carbocycles. The Bertz CT molecular complexity index is 1380. The summed E-state index contributed by atoms with van der Waals surface area (Å²) in [5.41, 5.74) is 3.87. The fraction of sp³-hybridized carbons (Fsp3) is 0. The maximum absolute atomic E-state index is 12.6. The zero-order valence-electron chi connectivity index (χ0n) is 17.0. The van der Waals surface area contributed by atoms with E-state index < -0.39 is 11.9 Å². The average Bonchev–Trinajstić information content (AvgIpc) is 3.17. The molecule has 0 saturated heterocycles. The Labute approximate surface area is 207 Å². The number of fused-ring (bicyclic) bond motifs is 1. The third-order valence-corrected chi connectivity index (χ3v) is 6.67. The smallest absolute Gasteiger partial charge is 0.336 e. The van der Waals surface area contributed by atoms with Crippen LogP contribution in [0.1, 0.15) is 20.8 Å². The maximum Gasteiger partial charge on any atom is 0.336 e. The predicted octanol–water partition coefficient (Wildman–Crippen LogP) is 6.70. The monoisotopic (exact) mass is 538 g/mol. The van der Waals surface area contributed by atoms with Crippen molar-refractivity contribution in [3.63, 3.8) is 0 Å². The molecule has 0 fully saturated rings. The number of amides is 1. The molecule has 0 aliphatic heterocycles. The molecule has 0 bridgehead atoms. The number of halogens is 2. The average molecular weight is 540 g/mol. The van der Waals surface area contributed by atoms with Crippen LogP contribution in [0.2, 0.25) is 5.02 Å². The molecule has 8 heteroatoms. The van der Waals surface area contributed by atoms with Crippen LogP contribution in [0, 0.1) is 0 Å². The van der Waals surface area contributed by atoms with Crippen LogP contribution in [0.25, 0.3) is 16.2 Å². The van der Waals surface area contributed by atoms with Crippen LogP contribution in [0.15, 0.2) is 88.4 Å². The molecule has 3 aromatic carbocycles. The van der Waals surface area contributed by atoms with Crippen LogP contribution < -0.4 is 10.2 Å². The van der Waals surface area contributed by atoms with E-state index in [1.165, 1.54) is 23.6 Å². The molecule has 1 aromatic heterocycles. The number of rotatable bonds is 6. The first kappa shape index (κ1) is 22.9. The van der Waals surface area contributed by atoms with Crippen molar-refractivity contribution in [3.05, 3.63) is 104 Å². The first-order valence-corrected chi connectivity index (χ1v) is 11.7. The number of thiophene rings is 1. The van der Waals surface area contributed by atoms with Crippen molar-refractivity contribution in [2.45, 2.75) is 0 Å². The SMILES string of the molecule is O=C(C=Cc1ccccc1)Oc1ccc(Br)cc1C=NNC(=O)c1sc2ccccc2c1Cl. The number of carbonyl (C=O) groups excluding carboxylic acids is 2. The van der Waals surface area contributed by atoms with Crippen LogP contribution in [0.4, 0.5) is 0 Å². The summed E-state index contributed by atoms with van der Waals surface area (Å²) in [6, 6.07) is 22.1. The van der Waals surface area contributed by atoms with Crippen molar-refractivity contribution < 1.29 is 14.3 Å². The van der Waals surface area contributed by atoms with Gasteiger partial charge in [0.1, 0.15) is 10.6 Å². The van der Waals surface area contributed by atoms with Crippen molar-refractivity contribution in [1.82, 2.24) is 5.43 Å². The van der Waals surface area contributed by atoms with Gasteiger partial charge < -0.3 is 4.74 Å². The highest BCUT2D eigenvalue weighted by Gasteiger charge is 2.16. The molecule has 0 atom stereocenters. The van der Waals surface area contributed by atoms with E-state index in [1.807, 2.05) is 54.6 Å². The quantitative estimate of drug-likeness (QED) is 0.0975. The zero-order valence-corrected chi connectivity index (χ0v) is 20.2. The van der Waals surface area contributed by atoms with E-state index >= 15 is 0 Å². The molecular weight excluding hydrogens is 524 g/mol. The van der Waals surface area contributed by atoms with Gasteiger partial charge in [0, 0.05) is 26.2 Å². The Morgan fingerprint density at radius 1 is 1.03 bits per heavy atom. The molecule has 1 heterocycles. The fourth-order valence-electron chi connectivity index (χ4n) is 2.96. The summed E-state index contributed by atoms with van der Waals surface area (Å²) in [5.74, 6) is -0.646. The van der Waals surface area contributed by atoms with Gasteiger partial charge in [-0.15, -0.1) is 11.3 Å². The normalized spacial score (nSPS) is 11.3. The lowest BCUT2D eigenvalue weighted by Crippen LogP contribution is -2.16. The molecule has 0 aliphatic rings. The molecule has 33 heavy (non-hydrogen) atoms. The van der Waals surface area contributed by atoms with E-state index in [0.29, 0.717) is 21.2 Å². The van der Waals surface area contributed by atoms with E-state index in [9.17, 15) is 9.59 Å². The van der Waals surface area contributed by atoms with Gasteiger partial charge >= 0.3 is 5.97 Å². The zero-order chi connectivity index (χ0) is 23.2. The fourth-order valence-corrected chi connectivity index (χ4v) is 4.74. The number of ether oxygens (including phenoxy) is 1. The highest BCUT2D eigenvalue weighted by molar-refractivity contribution is 9.10. The molecule has 0 aliphatic carbocycles. The molecule has 4 aromatic rings. The van der Waals surface area contributed by atoms with Gasteiger partial charge in [-0.25, -0.2) is 10.2 Å². The lowest BCUT2D eigenvalue weighted by molar-refractivity contribution is -0.128. The van der Waals surface area contributed by atoms with Crippen LogP contribution in [-0.2, 0) is 4.79 Å². The van der Waals surface area contributed by atoms with Crippen LogP contribution in [0.3, 0.4) is 0 Å². The Morgan fingerprint density at radius 3 is 2.58 bits per heavy atom. The molecular formula is C25H16BrClN2O3S. The largest absolute Gasteiger partial charge is 0.423 e. The lowest BCUT2D eigenvalue weighted by Gasteiger charge is -2.06. The molecule has 5 nitrogen and oxygen atoms in total. The first-order chi connectivity index (χ1) is 16.0. The van der Waals surface area contributed by atoms with E-state index in [4.69, 9.17) is 16.3 Å². The van der Waals surface area contributed by atoms with Crippen LogP contribution in [0.5, 0.6) is 5.75 Å². The number of carbonyl (C=O) groups is 2. The molecule has 4 rings (SSSR count). The Kier molecular flexibility index (Phi) is 7.34. The minimum Gasteiger partial charge on any atom is -0.423 e. The Hall–Kier alpha value is -3.26. The molecule has 164 valence electrons. The number of nitrogens with one attached hydrogen (secondary N) is 1. The van der Waals surface area contributed by atoms with Gasteiger partial charge in [0.2, 0.25) is 0 Å². The van der Waals surface area contributed by atoms with E-state index in [0.717, 1.165) is 20.1 Å². The van der Waals surface area contributed by atoms with Crippen molar-refractivity contribution >= 4 is 73.1 Å². The maximum atomic E-state index is 12.6. The van der Waals surface area contributed by atoms with Crippen molar-refractivity contribution in [1.29, 1.82) is 0 Å². The highest BCUT2D eigenvalue weighted by Crippen LogP contribution is 2.35. The summed E-state index contributed by atoms with van der Waals surface area (Å²) in [5, 5.41) is 5.24. The van der Waals surface area contributed by atoms with Crippen molar-refractivity contribution in [2.75, 3.05) is 0 Å². The minimum absolute atomic E-state index is 0.304. The topological polar surface area (TPSA) is 67.8 Å². The first-order valence-electron chi connectivity index (χ1n) is 9.76. The van der Waals surface area contributed by atoms with E-state index in [1.54, 1.807) is 24.3 Å². The van der Waals surface area contributed by atoms with Crippen LogP contribution >= 0.6 is 38.9 Å². The standard InChI is InChI=1S/C25H16BrClN2O3S/c26-18-11-12-20(32-22(30)13-10-16-6-2-1-3-7-16)17(14-18)15-28-29-25(31)24-23(27)19-8-4-5-9-21(19)33-24/h1-15H,(H,29,31). The third kappa shape index (κ3) is 5.76. The molecule has 0 spiro atoms. The predicted molar refractivity (Wildman–Crippen MR) is 137 cm³/mol. The van der Waals surface area contributed by atoms with Gasteiger partial charge in [-0.1, -0.05) is 76.1 Å². The number of hydrogen-bond donors (Lipinski definition) is 1. The molecule has 1 N–H and O–H groups in total. The number of hydrogen-bond acceptors (Lipinski definition) is 5. The van der Waals surface area contributed by atoms with Gasteiger partial charge in [-0.3, -0.25) is 4.79 Å². The Morgan fingerprint density at radius 2 is 1.79 bits per heavy atom. The van der Waals surface area contributed by atoms with E-state index in [2.05, 4.69) is 26.5 Å². The number of nitrogens with zero attached hydrogens (tertiary/aromatic N) is 1. The van der Waals surface area contributed by atoms with Crippen molar-refractivity contribution in [3.8, 4) is 5.75 Å². The summed E-state index contributed by atoms with van der Waals surface area (Å²) in [6.07, 6.45) is 4.43. The van der Waals surface area contributed by atoms with Gasteiger partial charge in [-0.05, 0) is 35.9 Å². The second-order valence-corrected chi connectivity index (χ2v) is 9.13. The van der Waals surface area contributed by atoms with E-state index in [-0.39, 0.29) is 0 Å². The highest BCUT2D eigenvalue weighted by atomic mass is 79.9. The second kappa shape index (κ2) is 10.6. The summed E-state index contributed by atoms with van der Waals surface area (Å²) in [4.78, 5) is 25.2. The minimum atomic E-state index is -0.531. The van der Waals surface area contributed by atoms with Crippen LogP contribution in [-0.4, -0.2) is 18.1 Å². The van der Waals surface area contributed by atoms with Gasteiger partial charge in [0.15, 0.2) is 0 Å².